The lowest BCUT2D eigenvalue weighted by molar-refractivity contribution is 0.952. The van der Waals surface area contributed by atoms with Gasteiger partial charge in [-0.1, -0.05) is 36.6 Å². The van der Waals surface area contributed by atoms with Gasteiger partial charge in [-0.05, 0) is 27.2 Å². The second-order valence-corrected chi connectivity index (χ2v) is 2.96. The Kier molecular flexibility index (Phi) is 5.00. The molecule has 0 spiro atoms. The zero-order valence-electron chi connectivity index (χ0n) is 7.57. The van der Waals surface area contributed by atoms with E-state index >= 15 is 0 Å². The van der Waals surface area contributed by atoms with Crippen LogP contribution in [0.4, 0.5) is 0 Å². The van der Waals surface area contributed by atoms with Gasteiger partial charge in [-0.2, -0.15) is 0 Å². The monoisotopic (exact) mass is 138 g/mol. The quantitative estimate of drug-likeness (QED) is 0.522. The second-order valence-electron chi connectivity index (χ2n) is 2.96. The van der Waals surface area contributed by atoms with Crippen LogP contribution < -0.4 is 0 Å². The molecule has 0 nitrogen and oxygen atoms in total. The van der Waals surface area contributed by atoms with E-state index in [-0.39, 0.29) is 0 Å². The molecule has 0 heterocycles. The molecule has 0 saturated carbocycles. The number of unbranched alkanes of at least 4 members (excludes halogenated alkanes) is 1. The van der Waals surface area contributed by atoms with Crippen LogP contribution in [0.15, 0.2) is 23.3 Å². The Morgan fingerprint density at radius 2 is 1.80 bits per heavy atom. The van der Waals surface area contributed by atoms with Crippen LogP contribution in [-0.2, 0) is 0 Å². The fourth-order valence-corrected chi connectivity index (χ4v) is 0.886. The Morgan fingerprint density at radius 3 is 2.20 bits per heavy atom. The minimum atomic E-state index is 1.20. The van der Waals surface area contributed by atoms with Gasteiger partial charge >= 0.3 is 0 Å². The molecule has 0 radical (unpaired) electrons. The maximum absolute atomic E-state index is 2.28. The predicted octanol–water partition coefficient (Wildman–Crippen LogP) is 3.70. The smallest absolute Gasteiger partial charge is 0.0348 e. The fourth-order valence-electron chi connectivity index (χ4n) is 0.886. The molecule has 0 atom stereocenters. The molecule has 10 heavy (non-hydrogen) atoms. The molecule has 0 unspecified atom stereocenters. The van der Waals surface area contributed by atoms with Crippen molar-refractivity contribution in [2.45, 2.75) is 40.5 Å². The number of hydrogen-bond donors (Lipinski definition) is 0. The van der Waals surface area contributed by atoms with Crippen molar-refractivity contribution in [3.63, 3.8) is 0 Å². The van der Waals surface area contributed by atoms with E-state index in [2.05, 4.69) is 39.8 Å². The normalized spacial score (nSPS) is 11.4. The molecular formula is C10H18. The third-order valence-electron chi connectivity index (χ3n) is 1.27. The molecule has 0 fully saturated rings. The largest absolute Gasteiger partial charge is 0.0816 e. The Labute approximate surface area is 64.6 Å². The van der Waals surface area contributed by atoms with Gasteiger partial charge in [-0.25, -0.2) is 0 Å². The van der Waals surface area contributed by atoms with Crippen LogP contribution in [0.5, 0.6) is 0 Å². The van der Waals surface area contributed by atoms with Crippen LogP contribution >= 0.6 is 0 Å². The van der Waals surface area contributed by atoms with Crippen molar-refractivity contribution in [2.75, 3.05) is 0 Å². The van der Waals surface area contributed by atoms with Gasteiger partial charge in [-0.15, -0.1) is 0 Å². The van der Waals surface area contributed by atoms with Gasteiger partial charge in [0.2, 0.25) is 0 Å². The Balaban J connectivity index is 3.82. The molecular weight excluding hydrogens is 120 g/mol. The topological polar surface area (TPSA) is 0 Å². The summed E-state index contributed by atoms with van der Waals surface area (Å²) < 4.78 is 0. The predicted molar refractivity (Wildman–Crippen MR) is 48.1 cm³/mol. The van der Waals surface area contributed by atoms with Crippen LogP contribution in [0, 0.1) is 0 Å². The summed E-state index contributed by atoms with van der Waals surface area (Å²) >= 11 is 0. The molecule has 0 amide bonds. The summed E-state index contributed by atoms with van der Waals surface area (Å²) in [7, 11) is 0. The summed E-state index contributed by atoms with van der Waals surface area (Å²) in [6.45, 7) is 8.61. The molecule has 58 valence electrons. The summed E-state index contributed by atoms with van der Waals surface area (Å²) in [5.74, 6) is 0. The zero-order chi connectivity index (χ0) is 7.98. The highest BCUT2D eigenvalue weighted by Crippen LogP contribution is 2.02. The molecule has 0 aromatic rings. The Hall–Kier alpha value is -0.520. The lowest BCUT2D eigenvalue weighted by Crippen LogP contribution is -1.71. The second kappa shape index (κ2) is 5.28. The molecule has 0 heteroatoms. The standard InChI is InChI=1S/C10H18/c1-5-6-7-10(4)8-9(2)3/h7-8H,5-6H2,1-4H3/b10-7+. The maximum atomic E-state index is 2.28. The van der Waals surface area contributed by atoms with Crippen LogP contribution in [0.2, 0.25) is 0 Å². The number of rotatable bonds is 3. The Morgan fingerprint density at radius 1 is 1.20 bits per heavy atom. The van der Waals surface area contributed by atoms with Crippen LogP contribution in [0.25, 0.3) is 0 Å². The molecule has 0 aromatic heterocycles. The Bertz CT molecular complexity index is 134. The minimum Gasteiger partial charge on any atom is -0.0816 e. The first-order valence-corrected chi connectivity index (χ1v) is 3.98. The van der Waals surface area contributed by atoms with E-state index in [1.54, 1.807) is 0 Å². The number of hydrogen-bond acceptors (Lipinski definition) is 0. The zero-order valence-corrected chi connectivity index (χ0v) is 7.57. The fraction of sp³-hybridized carbons (Fsp3) is 0.600. The maximum Gasteiger partial charge on any atom is -0.0348 e. The van der Waals surface area contributed by atoms with Crippen molar-refractivity contribution < 1.29 is 0 Å². The highest BCUT2D eigenvalue weighted by molar-refractivity contribution is 5.19. The molecule has 0 aliphatic rings. The van der Waals surface area contributed by atoms with Crippen molar-refractivity contribution in [3.8, 4) is 0 Å². The van der Waals surface area contributed by atoms with Gasteiger partial charge in [0.25, 0.3) is 0 Å². The summed E-state index contributed by atoms with van der Waals surface area (Å²) in [5, 5.41) is 0. The summed E-state index contributed by atoms with van der Waals surface area (Å²) in [6.07, 6.45) is 6.95. The highest BCUT2D eigenvalue weighted by Gasteiger charge is 1.81. The average molecular weight is 138 g/mol. The molecule has 0 aliphatic heterocycles. The van der Waals surface area contributed by atoms with E-state index in [0.29, 0.717) is 0 Å². The summed E-state index contributed by atoms with van der Waals surface area (Å²) in [6, 6.07) is 0. The first kappa shape index (κ1) is 9.48. The van der Waals surface area contributed by atoms with E-state index in [1.165, 1.54) is 24.0 Å². The third kappa shape index (κ3) is 5.61. The van der Waals surface area contributed by atoms with Gasteiger partial charge in [0, 0.05) is 0 Å². The number of allylic oxidation sites excluding steroid dienone is 4. The van der Waals surface area contributed by atoms with E-state index in [1.807, 2.05) is 0 Å². The summed E-state index contributed by atoms with van der Waals surface area (Å²) in [4.78, 5) is 0. The molecule has 0 saturated heterocycles. The van der Waals surface area contributed by atoms with Crippen LogP contribution in [0.1, 0.15) is 40.5 Å². The molecule has 0 aliphatic carbocycles. The van der Waals surface area contributed by atoms with Crippen LogP contribution in [0.3, 0.4) is 0 Å². The van der Waals surface area contributed by atoms with Crippen molar-refractivity contribution in [3.05, 3.63) is 23.3 Å². The SMILES string of the molecule is CCC/C=C(\C)C=C(C)C. The van der Waals surface area contributed by atoms with Gasteiger partial charge in [-0.3, -0.25) is 0 Å². The van der Waals surface area contributed by atoms with E-state index in [4.69, 9.17) is 0 Å². The first-order valence-electron chi connectivity index (χ1n) is 3.98. The molecule has 0 rings (SSSR count). The average Bonchev–Trinajstić information content (AvgIpc) is 1.82. The van der Waals surface area contributed by atoms with Crippen molar-refractivity contribution >= 4 is 0 Å². The summed E-state index contributed by atoms with van der Waals surface area (Å²) in [5.41, 5.74) is 2.77. The van der Waals surface area contributed by atoms with Crippen molar-refractivity contribution in [1.82, 2.24) is 0 Å². The molecule has 0 bridgehead atoms. The minimum absolute atomic E-state index is 1.20. The third-order valence-corrected chi connectivity index (χ3v) is 1.27. The first-order chi connectivity index (χ1) is 4.66. The van der Waals surface area contributed by atoms with Crippen molar-refractivity contribution in [1.29, 1.82) is 0 Å². The highest BCUT2D eigenvalue weighted by atomic mass is 13.9. The van der Waals surface area contributed by atoms with E-state index in [9.17, 15) is 0 Å². The van der Waals surface area contributed by atoms with Crippen LogP contribution in [-0.4, -0.2) is 0 Å². The molecule has 0 aromatic carbocycles. The van der Waals surface area contributed by atoms with E-state index < -0.39 is 0 Å². The van der Waals surface area contributed by atoms with Gasteiger partial charge in [0.05, 0.1) is 0 Å². The lowest BCUT2D eigenvalue weighted by Gasteiger charge is -1.92. The molecule has 0 N–H and O–H groups in total. The van der Waals surface area contributed by atoms with Gasteiger partial charge < -0.3 is 0 Å². The van der Waals surface area contributed by atoms with Crippen molar-refractivity contribution in [2.24, 2.45) is 0 Å². The van der Waals surface area contributed by atoms with E-state index in [0.717, 1.165) is 0 Å². The van der Waals surface area contributed by atoms with Gasteiger partial charge in [0.1, 0.15) is 0 Å². The lowest BCUT2D eigenvalue weighted by atomic mass is 10.1. The van der Waals surface area contributed by atoms with Gasteiger partial charge in [0.15, 0.2) is 0 Å².